The monoisotopic (exact) mass is 260 g/mol. The highest BCUT2D eigenvalue weighted by Gasteiger charge is 2.29. The fraction of sp³-hybridized carbons (Fsp3) is 0.684. The highest BCUT2D eigenvalue weighted by atomic mass is 14.3. The van der Waals surface area contributed by atoms with Gasteiger partial charge in [0.2, 0.25) is 0 Å². The third-order valence-electron chi connectivity index (χ3n) is 4.97. The molecule has 2 atom stereocenters. The van der Waals surface area contributed by atoms with Crippen molar-refractivity contribution in [1.82, 2.24) is 0 Å². The Morgan fingerprint density at radius 2 is 1.84 bits per heavy atom. The lowest BCUT2D eigenvalue weighted by atomic mass is 9.69. The third-order valence-corrected chi connectivity index (χ3v) is 4.97. The molecule has 0 aliphatic heterocycles. The van der Waals surface area contributed by atoms with E-state index in [1.807, 2.05) is 0 Å². The van der Waals surface area contributed by atoms with Gasteiger partial charge in [0.05, 0.1) is 0 Å². The van der Waals surface area contributed by atoms with Gasteiger partial charge in [-0.1, -0.05) is 77.3 Å². The van der Waals surface area contributed by atoms with Crippen LogP contribution in [0.2, 0.25) is 0 Å². The van der Waals surface area contributed by atoms with E-state index in [1.165, 1.54) is 36.8 Å². The van der Waals surface area contributed by atoms with Gasteiger partial charge in [0.15, 0.2) is 0 Å². The number of aryl methyl sites for hydroxylation is 2. The molecule has 0 aliphatic carbocycles. The zero-order chi connectivity index (χ0) is 14.5. The molecule has 0 amide bonds. The molecule has 1 aromatic carbocycles. The van der Waals surface area contributed by atoms with Crippen molar-refractivity contribution < 1.29 is 0 Å². The van der Waals surface area contributed by atoms with Crippen molar-refractivity contribution in [2.75, 3.05) is 0 Å². The van der Waals surface area contributed by atoms with E-state index in [4.69, 9.17) is 0 Å². The Hall–Kier alpha value is -0.780. The summed E-state index contributed by atoms with van der Waals surface area (Å²) >= 11 is 0. The number of hydrogen-bond acceptors (Lipinski definition) is 0. The maximum atomic E-state index is 2.44. The van der Waals surface area contributed by atoms with Crippen LogP contribution in [0.5, 0.6) is 0 Å². The lowest BCUT2D eigenvalue weighted by molar-refractivity contribution is 0.146. The van der Waals surface area contributed by atoms with Gasteiger partial charge < -0.3 is 0 Å². The summed E-state index contributed by atoms with van der Waals surface area (Å²) in [5, 5.41) is 0. The highest BCUT2D eigenvalue weighted by molar-refractivity contribution is 5.22. The Bertz CT molecular complexity index is 375. The first kappa shape index (κ1) is 16.3. The second kappa shape index (κ2) is 7.12. The Kier molecular flexibility index (Phi) is 6.10. The molecule has 0 N–H and O–H groups in total. The van der Waals surface area contributed by atoms with Crippen molar-refractivity contribution in [3.8, 4) is 0 Å². The summed E-state index contributed by atoms with van der Waals surface area (Å²) in [4.78, 5) is 0. The quantitative estimate of drug-likeness (QED) is 0.562. The first-order valence-electron chi connectivity index (χ1n) is 7.92. The molecule has 0 fully saturated rings. The Morgan fingerprint density at radius 1 is 1.16 bits per heavy atom. The summed E-state index contributed by atoms with van der Waals surface area (Å²) in [5.41, 5.74) is 3.30. The van der Waals surface area contributed by atoms with E-state index in [0.717, 1.165) is 11.8 Å². The molecule has 0 radical (unpaired) electrons. The lowest BCUT2D eigenvalue weighted by Crippen LogP contribution is -2.27. The molecule has 0 heteroatoms. The van der Waals surface area contributed by atoms with Crippen LogP contribution in [-0.2, 0) is 6.42 Å². The molecule has 0 aliphatic rings. The van der Waals surface area contributed by atoms with Gasteiger partial charge >= 0.3 is 0 Å². The van der Waals surface area contributed by atoms with Crippen LogP contribution in [0.25, 0.3) is 0 Å². The topological polar surface area (TPSA) is 0 Å². The maximum absolute atomic E-state index is 2.44. The molecular weight excluding hydrogens is 228 g/mol. The number of hydrogen-bond donors (Lipinski definition) is 0. The summed E-state index contributed by atoms with van der Waals surface area (Å²) in [6.45, 7) is 14.2. The number of benzene rings is 1. The van der Waals surface area contributed by atoms with Gasteiger partial charge in [-0.05, 0) is 42.6 Å². The molecule has 0 saturated carbocycles. The summed E-state index contributed by atoms with van der Waals surface area (Å²) in [6, 6.07) is 8.96. The molecule has 0 bridgehead atoms. The normalized spacial score (nSPS) is 15.3. The van der Waals surface area contributed by atoms with E-state index in [2.05, 4.69) is 65.8 Å². The fourth-order valence-electron chi connectivity index (χ4n) is 3.04. The van der Waals surface area contributed by atoms with E-state index >= 15 is 0 Å². The van der Waals surface area contributed by atoms with Crippen LogP contribution in [0.1, 0.15) is 65.0 Å². The Labute approximate surface area is 120 Å². The summed E-state index contributed by atoms with van der Waals surface area (Å²) in [6.07, 6.45) is 5.15. The fourth-order valence-corrected chi connectivity index (χ4v) is 3.04. The van der Waals surface area contributed by atoms with Gasteiger partial charge in [0.25, 0.3) is 0 Å². The Morgan fingerprint density at radius 3 is 2.42 bits per heavy atom. The van der Waals surface area contributed by atoms with Gasteiger partial charge in [-0.25, -0.2) is 0 Å². The molecule has 0 saturated heterocycles. The van der Waals surface area contributed by atoms with Crippen LogP contribution >= 0.6 is 0 Å². The molecule has 19 heavy (non-hydrogen) atoms. The molecule has 0 aromatic heterocycles. The van der Waals surface area contributed by atoms with Crippen LogP contribution in [0, 0.1) is 24.2 Å². The molecule has 0 spiro atoms. The van der Waals surface area contributed by atoms with E-state index in [9.17, 15) is 0 Å². The van der Waals surface area contributed by atoms with Crippen molar-refractivity contribution in [3.63, 3.8) is 0 Å². The van der Waals surface area contributed by atoms with Gasteiger partial charge in [0, 0.05) is 0 Å². The molecule has 108 valence electrons. The smallest absolute Gasteiger partial charge is 0.0274 e. The molecule has 1 aromatic rings. The predicted molar refractivity (Wildman–Crippen MR) is 86.5 cm³/mol. The van der Waals surface area contributed by atoms with E-state index in [0.29, 0.717) is 5.41 Å². The maximum Gasteiger partial charge on any atom is -0.0274 e. The minimum Gasteiger partial charge on any atom is -0.0654 e. The zero-order valence-electron chi connectivity index (χ0n) is 13.8. The van der Waals surface area contributed by atoms with Crippen LogP contribution in [0.4, 0.5) is 0 Å². The minimum atomic E-state index is 0.429. The molecule has 2 unspecified atom stereocenters. The summed E-state index contributed by atoms with van der Waals surface area (Å²) in [7, 11) is 0. The van der Waals surface area contributed by atoms with Crippen LogP contribution in [0.3, 0.4) is 0 Å². The van der Waals surface area contributed by atoms with Crippen molar-refractivity contribution in [1.29, 1.82) is 0 Å². The summed E-state index contributed by atoms with van der Waals surface area (Å²) in [5.74, 6) is 1.62. The van der Waals surface area contributed by atoms with Gasteiger partial charge in [-0.15, -0.1) is 0 Å². The second-order valence-corrected chi connectivity index (χ2v) is 7.03. The SMILES string of the molecule is CCCC(C)C(C)C(C)(C)CCc1cccc(C)c1. The van der Waals surface area contributed by atoms with Gasteiger partial charge in [-0.3, -0.25) is 0 Å². The van der Waals surface area contributed by atoms with Gasteiger partial charge in [-0.2, -0.15) is 0 Å². The van der Waals surface area contributed by atoms with Crippen molar-refractivity contribution in [2.24, 2.45) is 17.3 Å². The second-order valence-electron chi connectivity index (χ2n) is 7.03. The largest absolute Gasteiger partial charge is 0.0654 e. The number of rotatable bonds is 7. The average Bonchev–Trinajstić information content (AvgIpc) is 2.36. The predicted octanol–water partition coefficient (Wildman–Crippen LogP) is 6.03. The first-order valence-corrected chi connectivity index (χ1v) is 7.92. The van der Waals surface area contributed by atoms with Crippen LogP contribution in [0.15, 0.2) is 24.3 Å². The van der Waals surface area contributed by atoms with E-state index < -0.39 is 0 Å². The van der Waals surface area contributed by atoms with E-state index in [1.54, 1.807) is 0 Å². The van der Waals surface area contributed by atoms with Crippen LogP contribution < -0.4 is 0 Å². The van der Waals surface area contributed by atoms with Crippen molar-refractivity contribution >= 4 is 0 Å². The zero-order valence-corrected chi connectivity index (χ0v) is 13.8. The first-order chi connectivity index (χ1) is 8.86. The summed E-state index contributed by atoms with van der Waals surface area (Å²) < 4.78 is 0. The highest BCUT2D eigenvalue weighted by Crippen LogP contribution is 2.38. The van der Waals surface area contributed by atoms with Crippen molar-refractivity contribution in [3.05, 3.63) is 35.4 Å². The lowest BCUT2D eigenvalue weighted by Gasteiger charge is -2.36. The van der Waals surface area contributed by atoms with Gasteiger partial charge in [0.1, 0.15) is 0 Å². The van der Waals surface area contributed by atoms with Crippen LogP contribution in [-0.4, -0.2) is 0 Å². The third kappa shape index (κ3) is 5.01. The molecule has 0 heterocycles. The molecular formula is C19H32. The Balaban J connectivity index is 2.59. The molecule has 1 rings (SSSR count). The molecule has 0 nitrogen and oxygen atoms in total. The van der Waals surface area contributed by atoms with E-state index in [-0.39, 0.29) is 0 Å². The minimum absolute atomic E-state index is 0.429. The van der Waals surface area contributed by atoms with Crippen molar-refractivity contribution in [2.45, 2.75) is 67.2 Å². The standard InChI is InChI=1S/C19H32/c1-7-9-16(3)17(4)19(5,6)13-12-18-11-8-10-15(2)14-18/h8,10-11,14,16-17H,7,9,12-13H2,1-6H3. The average molecular weight is 260 g/mol.